The number of aromatic amines is 1. The Balaban J connectivity index is 1.27. The fourth-order valence-corrected chi connectivity index (χ4v) is 5.68. The largest absolute Gasteiger partial charge is 0.342 e. The van der Waals surface area contributed by atoms with Gasteiger partial charge in [-0.15, -0.1) is 0 Å². The maximum Gasteiger partial charge on any atom is 0.107 e. The maximum absolute atomic E-state index is 6.03. The lowest BCUT2D eigenvalue weighted by molar-refractivity contribution is 0.165. The van der Waals surface area contributed by atoms with Gasteiger partial charge in [-0.25, -0.2) is 4.98 Å². The molecule has 2 unspecified atom stereocenters. The van der Waals surface area contributed by atoms with Crippen molar-refractivity contribution in [2.75, 3.05) is 0 Å². The number of benzene rings is 2. The summed E-state index contributed by atoms with van der Waals surface area (Å²) in [6.45, 7) is 0. The quantitative estimate of drug-likeness (QED) is 0.599. The van der Waals surface area contributed by atoms with Gasteiger partial charge in [0.1, 0.15) is 5.82 Å². The molecule has 1 heterocycles. The SMILES string of the molecule is Clc1ccc(CC2CC3CCC(C2)C3Cc2nc3ccccc3[nH]2)cc1. The van der Waals surface area contributed by atoms with Gasteiger partial charge in [-0.2, -0.15) is 0 Å². The van der Waals surface area contributed by atoms with E-state index in [9.17, 15) is 0 Å². The summed E-state index contributed by atoms with van der Waals surface area (Å²) in [4.78, 5) is 8.37. The summed E-state index contributed by atoms with van der Waals surface area (Å²) in [6, 6.07) is 16.8. The van der Waals surface area contributed by atoms with Gasteiger partial charge in [-0.1, -0.05) is 35.9 Å². The van der Waals surface area contributed by atoms with Crippen molar-refractivity contribution >= 4 is 22.6 Å². The molecule has 0 aliphatic heterocycles. The Hall–Kier alpha value is -1.80. The minimum absolute atomic E-state index is 0.817. The molecule has 134 valence electrons. The molecule has 3 aromatic rings. The average molecular weight is 365 g/mol. The van der Waals surface area contributed by atoms with Crippen LogP contribution in [0.25, 0.3) is 11.0 Å². The van der Waals surface area contributed by atoms with Crippen LogP contribution in [0, 0.1) is 23.7 Å². The molecule has 2 bridgehead atoms. The smallest absolute Gasteiger partial charge is 0.107 e. The van der Waals surface area contributed by atoms with Crippen LogP contribution in [0.5, 0.6) is 0 Å². The Labute approximate surface area is 160 Å². The van der Waals surface area contributed by atoms with Gasteiger partial charge in [0.15, 0.2) is 0 Å². The zero-order valence-corrected chi connectivity index (χ0v) is 15.8. The van der Waals surface area contributed by atoms with Gasteiger partial charge in [0, 0.05) is 11.4 Å². The van der Waals surface area contributed by atoms with Crippen LogP contribution in [-0.4, -0.2) is 9.97 Å². The highest BCUT2D eigenvalue weighted by Gasteiger charge is 2.42. The highest BCUT2D eigenvalue weighted by atomic mass is 35.5. The van der Waals surface area contributed by atoms with Crippen LogP contribution < -0.4 is 0 Å². The van der Waals surface area contributed by atoms with Crippen LogP contribution in [0.1, 0.15) is 37.1 Å². The van der Waals surface area contributed by atoms with E-state index < -0.39 is 0 Å². The number of rotatable bonds is 4. The van der Waals surface area contributed by atoms with Gasteiger partial charge in [0.25, 0.3) is 0 Å². The average Bonchev–Trinajstić information content (AvgIpc) is 3.15. The molecule has 0 spiro atoms. The minimum Gasteiger partial charge on any atom is -0.342 e. The molecule has 2 fully saturated rings. The first kappa shape index (κ1) is 16.4. The molecule has 2 aliphatic rings. The number of halogens is 1. The van der Waals surface area contributed by atoms with E-state index in [0.717, 1.165) is 40.6 Å². The number of aromatic nitrogens is 2. The third-order valence-electron chi connectivity index (χ3n) is 6.70. The molecular weight excluding hydrogens is 340 g/mol. The number of hydrogen-bond donors (Lipinski definition) is 1. The Morgan fingerprint density at radius 1 is 0.923 bits per heavy atom. The monoisotopic (exact) mass is 364 g/mol. The van der Waals surface area contributed by atoms with E-state index >= 15 is 0 Å². The first-order valence-corrected chi connectivity index (χ1v) is 10.3. The van der Waals surface area contributed by atoms with Crippen molar-refractivity contribution in [2.24, 2.45) is 23.7 Å². The number of nitrogens with zero attached hydrogens (tertiary/aromatic N) is 1. The molecule has 2 aliphatic carbocycles. The summed E-state index contributed by atoms with van der Waals surface area (Å²) in [5, 5.41) is 0.836. The van der Waals surface area contributed by atoms with Crippen molar-refractivity contribution in [3.8, 4) is 0 Å². The normalized spacial score (nSPS) is 27.9. The summed E-state index contributed by atoms with van der Waals surface area (Å²) < 4.78 is 0. The Bertz CT molecular complexity index is 851. The van der Waals surface area contributed by atoms with Gasteiger partial charge in [0.2, 0.25) is 0 Å². The van der Waals surface area contributed by atoms with E-state index in [0.29, 0.717) is 0 Å². The molecule has 1 aromatic heterocycles. The third-order valence-corrected chi connectivity index (χ3v) is 6.95. The molecule has 2 saturated carbocycles. The van der Waals surface area contributed by atoms with Crippen LogP contribution in [0.15, 0.2) is 48.5 Å². The van der Waals surface area contributed by atoms with Crippen molar-refractivity contribution in [3.63, 3.8) is 0 Å². The molecule has 26 heavy (non-hydrogen) atoms. The summed E-state index contributed by atoms with van der Waals surface area (Å²) >= 11 is 6.03. The van der Waals surface area contributed by atoms with Gasteiger partial charge in [-0.3, -0.25) is 0 Å². The van der Waals surface area contributed by atoms with Gasteiger partial charge < -0.3 is 4.98 Å². The highest BCUT2D eigenvalue weighted by Crippen LogP contribution is 2.50. The zero-order valence-electron chi connectivity index (χ0n) is 15.0. The second kappa shape index (κ2) is 6.74. The predicted octanol–water partition coefficient (Wildman–Crippen LogP) is 6.05. The first-order chi connectivity index (χ1) is 12.7. The second-order valence-electron chi connectivity index (χ2n) is 8.33. The number of fused-ring (bicyclic) bond motifs is 3. The Morgan fingerprint density at radius 2 is 1.65 bits per heavy atom. The fourth-order valence-electron chi connectivity index (χ4n) is 5.56. The molecule has 2 nitrogen and oxygen atoms in total. The summed E-state index contributed by atoms with van der Waals surface area (Å²) in [5.74, 6) is 4.58. The van der Waals surface area contributed by atoms with Crippen molar-refractivity contribution in [2.45, 2.75) is 38.5 Å². The zero-order chi connectivity index (χ0) is 17.5. The minimum atomic E-state index is 0.817. The number of hydrogen-bond acceptors (Lipinski definition) is 1. The number of para-hydroxylation sites is 2. The van der Waals surface area contributed by atoms with Gasteiger partial charge in [0.05, 0.1) is 11.0 Å². The number of nitrogens with one attached hydrogen (secondary N) is 1. The molecule has 2 atom stereocenters. The lowest BCUT2D eigenvalue weighted by Gasteiger charge is -2.35. The molecule has 0 amide bonds. The van der Waals surface area contributed by atoms with Crippen LogP contribution in [-0.2, 0) is 12.8 Å². The van der Waals surface area contributed by atoms with Crippen molar-refractivity contribution < 1.29 is 0 Å². The van der Waals surface area contributed by atoms with Crippen molar-refractivity contribution in [3.05, 3.63) is 64.9 Å². The maximum atomic E-state index is 6.03. The number of imidazole rings is 1. The molecule has 0 saturated heterocycles. The van der Waals surface area contributed by atoms with Gasteiger partial charge in [-0.05, 0) is 85.6 Å². The summed E-state index contributed by atoms with van der Waals surface area (Å²) in [7, 11) is 0. The Morgan fingerprint density at radius 3 is 2.38 bits per heavy atom. The van der Waals surface area contributed by atoms with Crippen molar-refractivity contribution in [1.29, 1.82) is 0 Å². The van der Waals surface area contributed by atoms with E-state index in [1.165, 1.54) is 49.0 Å². The molecule has 5 rings (SSSR count). The molecule has 2 aromatic carbocycles. The van der Waals surface area contributed by atoms with E-state index in [1.54, 1.807) is 0 Å². The van der Waals surface area contributed by atoms with E-state index in [2.05, 4.69) is 41.4 Å². The molecule has 0 radical (unpaired) electrons. The molecular formula is C23H25ClN2. The van der Waals surface area contributed by atoms with Crippen LogP contribution in [0.3, 0.4) is 0 Å². The second-order valence-corrected chi connectivity index (χ2v) is 8.77. The first-order valence-electron chi connectivity index (χ1n) is 9.92. The van der Waals surface area contributed by atoms with E-state index in [4.69, 9.17) is 16.6 Å². The Kier molecular flexibility index (Phi) is 4.24. The van der Waals surface area contributed by atoms with E-state index in [-0.39, 0.29) is 0 Å². The standard InChI is InChI=1S/C23H25ClN2/c24-19-9-5-15(6-10-19)11-16-12-17-7-8-18(13-16)20(17)14-23-25-21-3-1-2-4-22(21)26-23/h1-6,9-10,16-18,20H,7-8,11-14H2,(H,25,26). The van der Waals surface area contributed by atoms with Crippen molar-refractivity contribution in [1.82, 2.24) is 9.97 Å². The number of H-pyrrole nitrogens is 1. The lowest BCUT2D eigenvalue weighted by atomic mass is 9.70. The fraction of sp³-hybridized carbons (Fsp3) is 0.435. The van der Waals surface area contributed by atoms with Crippen LogP contribution in [0.4, 0.5) is 0 Å². The third kappa shape index (κ3) is 3.16. The topological polar surface area (TPSA) is 28.7 Å². The summed E-state index contributed by atoms with van der Waals surface area (Å²) in [5.41, 5.74) is 3.71. The molecule has 3 heteroatoms. The van der Waals surface area contributed by atoms with Crippen LogP contribution >= 0.6 is 11.6 Å². The predicted molar refractivity (Wildman–Crippen MR) is 107 cm³/mol. The summed E-state index contributed by atoms with van der Waals surface area (Å²) in [6.07, 6.45) is 7.91. The van der Waals surface area contributed by atoms with Crippen LogP contribution in [0.2, 0.25) is 5.02 Å². The molecule has 1 N–H and O–H groups in total. The van der Waals surface area contributed by atoms with E-state index in [1.807, 2.05) is 12.1 Å². The lowest BCUT2D eigenvalue weighted by Crippen LogP contribution is -2.29. The highest BCUT2D eigenvalue weighted by molar-refractivity contribution is 6.30. The van der Waals surface area contributed by atoms with Gasteiger partial charge >= 0.3 is 0 Å².